The Kier molecular flexibility index (Phi) is 4.37. The molecule has 0 amide bonds. The van der Waals surface area contributed by atoms with Crippen LogP contribution in [0.3, 0.4) is 0 Å². The number of hydrogen-bond donors (Lipinski definition) is 1. The maximum atomic E-state index is 5.83. The van der Waals surface area contributed by atoms with E-state index in [-0.39, 0.29) is 11.1 Å². The lowest BCUT2D eigenvalue weighted by molar-refractivity contribution is -0.0904. The molecular weight excluding hydrogens is 248 g/mol. The van der Waals surface area contributed by atoms with Gasteiger partial charge in [0.2, 0.25) is 0 Å². The van der Waals surface area contributed by atoms with E-state index in [1.54, 1.807) is 18.4 Å². The molecule has 1 fully saturated rings. The van der Waals surface area contributed by atoms with Gasteiger partial charge >= 0.3 is 0 Å². The number of nitrogens with one attached hydrogen (secondary N) is 1. The first-order valence-corrected chi connectivity index (χ1v) is 7.24. The third-order valence-electron chi connectivity index (χ3n) is 3.36. The van der Waals surface area contributed by atoms with Crippen LogP contribution in [0, 0.1) is 0 Å². The van der Waals surface area contributed by atoms with Crippen molar-refractivity contribution in [2.75, 3.05) is 26.9 Å². The Hall–Kier alpha value is -0.490. The van der Waals surface area contributed by atoms with Gasteiger partial charge in [-0.2, -0.15) is 0 Å². The molecule has 1 atom stereocenters. The number of hydrogen-bond acceptors (Lipinski definition) is 5. The van der Waals surface area contributed by atoms with Crippen molar-refractivity contribution >= 4 is 11.3 Å². The highest BCUT2D eigenvalue weighted by molar-refractivity contribution is 7.09. The molecule has 0 spiro atoms. The first-order chi connectivity index (χ1) is 8.58. The number of ether oxygens (including phenoxy) is 2. The van der Waals surface area contributed by atoms with Crippen molar-refractivity contribution in [3.8, 4) is 0 Å². The van der Waals surface area contributed by atoms with Gasteiger partial charge in [-0.3, -0.25) is 0 Å². The predicted octanol–water partition coefficient (Wildman–Crippen LogP) is 2.16. The molecule has 1 saturated heterocycles. The number of aromatic nitrogens is 1. The van der Waals surface area contributed by atoms with E-state index in [4.69, 9.17) is 9.47 Å². The van der Waals surface area contributed by atoms with Crippen molar-refractivity contribution in [1.82, 2.24) is 10.3 Å². The van der Waals surface area contributed by atoms with Gasteiger partial charge in [-0.25, -0.2) is 4.98 Å². The molecule has 2 rings (SSSR count). The number of methoxy groups -OCH3 is 1. The maximum absolute atomic E-state index is 5.83. The van der Waals surface area contributed by atoms with Crippen molar-refractivity contribution < 1.29 is 9.47 Å². The average Bonchev–Trinajstić information content (AvgIpc) is 2.82. The molecule has 18 heavy (non-hydrogen) atoms. The van der Waals surface area contributed by atoms with E-state index in [9.17, 15) is 0 Å². The van der Waals surface area contributed by atoms with Gasteiger partial charge in [-0.05, 0) is 20.3 Å². The molecule has 0 bridgehead atoms. The summed E-state index contributed by atoms with van der Waals surface area (Å²) in [6.07, 6.45) is 3.78. The predicted molar refractivity (Wildman–Crippen MR) is 72.9 cm³/mol. The molecule has 1 aromatic heterocycles. The molecule has 0 aromatic carbocycles. The minimum absolute atomic E-state index is 0.0611. The summed E-state index contributed by atoms with van der Waals surface area (Å²) < 4.78 is 11.0. The maximum Gasteiger partial charge on any atom is 0.113 e. The number of nitrogens with zero attached hydrogens (tertiary/aromatic N) is 1. The van der Waals surface area contributed by atoms with Gasteiger partial charge in [0.1, 0.15) is 5.01 Å². The molecule has 0 aliphatic carbocycles. The van der Waals surface area contributed by atoms with Gasteiger partial charge in [0.05, 0.1) is 17.7 Å². The van der Waals surface area contributed by atoms with Crippen LogP contribution in [-0.2, 0) is 15.0 Å². The minimum Gasteiger partial charge on any atom is -0.383 e. The summed E-state index contributed by atoms with van der Waals surface area (Å²) in [5.74, 6) is 0. The summed E-state index contributed by atoms with van der Waals surface area (Å²) in [7, 11) is 1.73. The highest BCUT2D eigenvalue weighted by atomic mass is 32.1. The molecule has 0 saturated carbocycles. The Balaban J connectivity index is 2.17. The standard InChI is InChI=1S/C13H22N2O2S/c1-12(2)10-13(4-7-17-12,15-5-8-16-3)11-14-6-9-18-11/h6,9,15H,4-5,7-8,10H2,1-3H3. The Labute approximate surface area is 113 Å². The van der Waals surface area contributed by atoms with Crippen LogP contribution in [0.1, 0.15) is 31.7 Å². The van der Waals surface area contributed by atoms with Gasteiger partial charge in [-0.1, -0.05) is 0 Å². The highest BCUT2D eigenvalue weighted by Crippen LogP contribution is 2.40. The number of thiazole rings is 1. The molecule has 5 heteroatoms. The fourth-order valence-corrected chi connectivity index (χ4v) is 3.47. The SMILES string of the molecule is COCCNC1(c2nccs2)CCOC(C)(C)C1. The summed E-state index contributed by atoms with van der Waals surface area (Å²) >= 11 is 1.72. The molecule has 2 heterocycles. The van der Waals surface area contributed by atoms with Gasteiger partial charge in [-0.15, -0.1) is 11.3 Å². The fourth-order valence-electron chi connectivity index (χ4n) is 2.63. The monoisotopic (exact) mass is 270 g/mol. The van der Waals surface area contributed by atoms with Crippen molar-refractivity contribution in [1.29, 1.82) is 0 Å². The van der Waals surface area contributed by atoms with Crippen LogP contribution in [0.5, 0.6) is 0 Å². The second-order valence-electron chi connectivity index (χ2n) is 5.37. The summed E-state index contributed by atoms with van der Waals surface area (Å²) in [5, 5.41) is 6.84. The largest absolute Gasteiger partial charge is 0.383 e. The van der Waals surface area contributed by atoms with Crippen LogP contribution >= 0.6 is 11.3 Å². The Morgan fingerprint density at radius 2 is 2.39 bits per heavy atom. The van der Waals surface area contributed by atoms with Crippen molar-refractivity contribution in [3.05, 3.63) is 16.6 Å². The lowest BCUT2D eigenvalue weighted by Crippen LogP contribution is -2.53. The van der Waals surface area contributed by atoms with Crippen LogP contribution in [0.2, 0.25) is 0 Å². The smallest absolute Gasteiger partial charge is 0.113 e. The van der Waals surface area contributed by atoms with Crippen molar-refractivity contribution in [3.63, 3.8) is 0 Å². The number of rotatable bonds is 5. The Bertz CT molecular complexity index is 367. The lowest BCUT2D eigenvalue weighted by Gasteiger charge is -2.44. The van der Waals surface area contributed by atoms with Gasteiger partial charge in [0.25, 0.3) is 0 Å². The third-order valence-corrected chi connectivity index (χ3v) is 4.34. The second kappa shape index (κ2) is 5.65. The van der Waals surface area contributed by atoms with E-state index in [0.717, 1.165) is 31.0 Å². The molecule has 0 radical (unpaired) electrons. The lowest BCUT2D eigenvalue weighted by atomic mass is 9.81. The normalized spacial score (nSPS) is 27.3. The summed E-state index contributed by atoms with van der Waals surface area (Å²) in [6.45, 7) is 6.62. The summed E-state index contributed by atoms with van der Waals surface area (Å²) in [6, 6.07) is 0. The average molecular weight is 270 g/mol. The highest BCUT2D eigenvalue weighted by Gasteiger charge is 2.43. The topological polar surface area (TPSA) is 43.4 Å². The van der Waals surface area contributed by atoms with Gasteiger partial charge in [0, 0.05) is 38.3 Å². The Morgan fingerprint density at radius 1 is 1.56 bits per heavy atom. The van der Waals surface area contributed by atoms with E-state index < -0.39 is 0 Å². The second-order valence-corrected chi connectivity index (χ2v) is 6.27. The molecule has 1 unspecified atom stereocenters. The zero-order chi connectivity index (χ0) is 13.1. The van der Waals surface area contributed by atoms with Crippen LogP contribution in [0.15, 0.2) is 11.6 Å². The third kappa shape index (κ3) is 3.09. The minimum atomic E-state index is -0.107. The molecule has 102 valence electrons. The van der Waals surface area contributed by atoms with Gasteiger partial charge < -0.3 is 14.8 Å². The molecule has 4 nitrogen and oxygen atoms in total. The zero-order valence-electron chi connectivity index (χ0n) is 11.4. The van der Waals surface area contributed by atoms with Crippen LogP contribution in [-0.4, -0.2) is 37.5 Å². The van der Waals surface area contributed by atoms with Crippen LogP contribution in [0.4, 0.5) is 0 Å². The van der Waals surface area contributed by atoms with Crippen molar-refractivity contribution in [2.45, 2.75) is 37.8 Å². The Morgan fingerprint density at radius 3 is 3.00 bits per heavy atom. The van der Waals surface area contributed by atoms with E-state index >= 15 is 0 Å². The van der Waals surface area contributed by atoms with E-state index in [1.165, 1.54) is 0 Å². The summed E-state index contributed by atoms with van der Waals surface area (Å²) in [4.78, 5) is 4.52. The van der Waals surface area contributed by atoms with Crippen molar-refractivity contribution in [2.24, 2.45) is 0 Å². The zero-order valence-corrected chi connectivity index (χ0v) is 12.2. The van der Waals surface area contributed by atoms with Crippen LogP contribution in [0.25, 0.3) is 0 Å². The molecule has 1 aliphatic rings. The first-order valence-electron chi connectivity index (χ1n) is 6.36. The van der Waals surface area contributed by atoms with Gasteiger partial charge in [0.15, 0.2) is 0 Å². The fraction of sp³-hybridized carbons (Fsp3) is 0.769. The molecule has 1 aromatic rings. The van der Waals surface area contributed by atoms with E-state index in [0.29, 0.717) is 6.61 Å². The van der Waals surface area contributed by atoms with Crippen LogP contribution < -0.4 is 5.32 Å². The molecule has 1 N–H and O–H groups in total. The van der Waals surface area contributed by atoms with E-state index in [1.807, 2.05) is 11.6 Å². The van der Waals surface area contributed by atoms with E-state index in [2.05, 4.69) is 24.1 Å². The quantitative estimate of drug-likeness (QED) is 0.833. The summed E-state index contributed by atoms with van der Waals surface area (Å²) in [5.41, 5.74) is -0.168. The molecular formula is C13H22N2O2S. The first kappa shape index (κ1) is 13.9. The molecule has 1 aliphatic heterocycles.